The van der Waals surface area contributed by atoms with E-state index in [9.17, 15) is 0 Å². The number of anilines is 1. The number of benzene rings is 1. The summed E-state index contributed by atoms with van der Waals surface area (Å²) >= 11 is 0. The maximum atomic E-state index is 2.44. The Hall–Kier alpha value is -0.980. The fourth-order valence-corrected chi connectivity index (χ4v) is 3.20. The average Bonchev–Trinajstić information content (AvgIpc) is 2.49. The summed E-state index contributed by atoms with van der Waals surface area (Å²) in [6.07, 6.45) is 11.8. The highest BCUT2D eigenvalue weighted by molar-refractivity contribution is 5.60. The molecule has 1 aromatic carbocycles. The molecule has 0 spiro atoms. The van der Waals surface area contributed by atoms with Gasteiger partial charge in [-0.25, -0.2) is 0 Å². The number of nitrogens with zero attached hydrogens (tertiary/aromatic N) is 1. The lowest BCUT2D eigenvalue weighted by atomic mass is 9.95. The molecule has 0 fully saturated rings. The van der Waals surface area contributed by atoms with Crippen molar-refractivity contribution in [2.24, 2.45) is 0 Å². The van der Waals surface area contributed by atoms with Crippen LogP contribution < -0.4 is 4.90 Å². The molecule has 120 valence electrons. The molecule has 1 aromatic rings. The highest BCUT2D eigenvalue weighted by Gasteiger charge is 2.10. The molecule has 0 aliphatic carbocycles. The normalized spacial score (nSPS) is 10.9. The lowest BCUT2D eigenvalue weighted by Gasteiger charge is -2.22. The molecule has 0 saturated carbocycles. The Balaban J connectivity index is 2.67. The van der Waals surface area contributed by atoms with Gasteiger partial charge in [0.1, 0.15) is 0 Å². The van der Waals surface area contributed by atoms with Crippen molar-refractivity contribution >= 4 is 5.69 Å². The van der Waals surface area contributed by atoms with Crippen LogP contribution in [0, 0.1) is 0 Å². The molecule has 0 unspecified atom stereocenters. The summed E-state index contributed by atoms with van der Waals surface area (Å²) in [6, 6.07) is 4.89. The highest BCUT2D eigenvalue weighted by atomic mass is 15.1. The standard InChI is InChI=1S/C20H35N/c1-6-9-10-11-12-13-14-17-15-18(7-2)20(21(4)5)19(8-3)16-17/h15-16H,6-14H2,1-5H3. The van der Waals surface area contributed by atoms with Crippen LogP contribution in [0.5, 0.6) is 0 Å². The van der Waals surface area contributed by atoms with Gasteiger partial charge in [-0.2, -0.15) is 0 Å². The second-order valence-electron chi connectivity index (χ2n) is 6.38. The highest BCUT2D eigenvalue weighted by Crippen LogP contribution is 2.28. The van der Waals surface area contributed by atoms with Crippen molar-refractivity contribution in [1.29, 1.82) is 0 Å². The zero-order valence-corrected chi connectivity index (χ0v) is 15.0. The van der Waals surface area contributed by atoms with Crippen LogP contribution in [0.3, 0.4) is 0 Å². The van der Waals surface area contributed by atoms with Crippen molar-refractivity contribution < 1.29 is 0 Å². The van der Waals surface area contributed by atoms with Crippen LogP contribution in [0.15, 0.2) is 12.1 Å². The molecule has 0 saturated heterocycles. The van der Waals surface area contributed by atoms with Crippen molar-refractivity contribution in [2.45, 2.75) is 78.6 Å². The predicted molar refractivity (Wildman–Crippen MR) is 96.6 cm³/mol. The van der Waals surface area contributed by atoms with Crippen molar-refractivity contribution in [3.8, 4) is 0 Å². The lowest BCUT2D eigenvalue weighted by molar-refractivity contribution is 0.607. The number of unbranched alkanes of at least 4 members (excludes halogenated alkanes) is 5. The van der Waals surface area contributed by atoms with Gasteiger partial charge >= 0.3 is 0 Å². The lowest BCUT2D eigenvalue weighted by Crippen LogP contribution is -2.14. The second-order valence-corrected chi connectivity index (χ2v) is 6.38. The van der Waals surface area contributed by atoms with Gasteiger partial charge in [-0.3, -0.25) is 0 Å². The molecule has 0 N–H and O–H groups in total. The molecule has 21 heavy (non-hydrogen) atoms. The van der Waals surface area contributed by atoms with Gasteiger partial charge in [0, 0.05) is 19.8 Å². The minimum absolute atomic E-state index is 1.13. The van der Waals surface area contributed by atoms with E-state index in [2.05, 4.69) is 51.9 Å². The summed E-state index contributed by atoms with van der Waals surface area (Å²) in [6.45, 7) is 6.83. The minimum Gasteiger partial charge on any atom is -0.377 e. The van der Waals surface area contributed by atoms with Crippen molar-refractivity contribution in [1.82, 2.24) is 0 Å². The molecular weight excluding hydrogens is 254 g/mol. The molecular formula is C20H35N. The maximum Gasteiger partial charge on any atom is 0.0426 e. The zero-order valence-electron chi connectivity index (χ0n) is 15.0. The van der Waals surface area contributed by atoms with Gasteiger partial charge in [0.15, 0.2) is 0 Å². The van der Waals surface area contributed by atoms with E-state index in [0.717, 1.165) is 12.8 Å². The average molecular weight is 290 g/mol. The van der Waals surface area contributed by atoms with E-state index in [4.69, 9.17) is 0 Å². The molecule has 0 amide bonds. The van der Waals surface area contributed by atoms with Gasteiger partial charge in [-0.05, 0) is 42.4 Å². The monoisotopic (exact) mass is 289 g/mol. The summed E-state index contributed by atoms with van der Waals surface area (Å²) in [5.74, 6) is 0. The van der Waals surface area contributed by atoms with E-state index in [1.54, 1.807) is 5.56 Å². The first kappa shape index (κ1) is 18.1. The molecule has 1 nitrogen and oxygen atoms in total. The van der Waals surface area contributed by atoms with E-state index in [0.29, 0.717) is 0 Å². The van der Waals surface area contributed by atoms with Crippen molar-refractivity contribution in [3.63, 3.8) is 0 Å². The quantitative estimate of drug-likeness (QED) is 0.493. The van der Waals surface area contributed by atoms with Crippen LogP contribution >= 0.6 is 0 Å². The molecule has 0 aromatic heterocycles. The zero-order chi connectivity index (χ0) is 15.7. The summed E-state index contributed by atoms with van der Waals surface area (Å²) in [7, 11) is 4.34. The number of aryl methyl sites for hydroxylation is 3. The van der Waals surface area contributed by atoms with Gasteiger partial charge in [0.25, 0.3) is 0 Å². The first-order valence-corrected chi connectivity index (χ1v) is 8.95. The molecule has 1 heteroatoms. The summed E-state index contributed by atoms with van der Waals surface area (Å²) < 4.78 is 0. The largest absolute Gasteiger partial charge is 0.377 e. The van der Waals surface area contributed by atoms with Crippen LogP contribution in [0.25, 0.3) is 0 Å². The first-order valence-electron chi connectivity index (χ1n) is 8.95. The van der Waals surface area contributed by atoms with Gasteiger partial charge in [0.05, 0.1) is 0 Å². The Morgan fingerprint density at radius 2 is 1.29 bits per heavy atom. The Labute approximate surface area is 132 Å². The summed E-state index contributed by atoms with van der Waals surface area (Å²) in [4.78, 5) is 2.28. The molecule has 0 bridgehead atoms. The predicted octanol–water partition coefficient (Wildman–Crippen LogP) is 5.78. The van der Waals surface area contributed by atoms with Crippen LogP contribution in [-0.2, 0) is 19.3 Å². The topological polar surface area (TPSA) is 3.24 Å². The van der Waals surface area contributed by atoms with Gasteiger partial charge in [0.2, 0.25) is 0 Å². The molecule has 0 radical (unpaired) electrons. The fraction of sp³-hybridized carbons (Fsp3) is 0.700. The Bertz CT molecular complexity index is 381. The summed E-state index contributed by atoms with van der Waals surface area (Å²) in [5, 5.41) is 0. The van der Waals surface area contributed by atoms with Crippen molar-refractivity contribution in [3.05, 3.63) is 28.8 Å². The first-order chi connectivity index (χ1) is 10.1. The molecule has 1 rings (SSSR count). The molecule has 0 heterocycles. The van der Waals surface area contributed by atoms with Crippen LogP contribution in [0.1, 0.15) is 76.0 Å². The SMILES string of the molecule is CCCCCCCCc1cc(CC)c(N(C)C)c(CC)c1. The number of rotatable bonds is 10. The van der Waals surface area contributed by atoms with Crippen LogP contribution in [-0.4, -0.2) is 14.1 Å². The smallest absolute Gasteiger partial charge is 0.0426 e. The molecule has 0 atom stereocenters. The Kier molecular flexibility index (Phi) is 8.49. The van der Waals surface area contributed by atoms with Gasteiger partial charge < -0.3 is 4.90 Å². The van der Waals surface area contributed by atoms with E-state index in [1.807, 2.05) is 0 Å². The van der Waals surface area contributed by atoms with E-state index >= 15 is 0 Å². The molecule has 0 aliphatic rings. The minimum atomic E-state index is 1.13. The van der Waals surface area contributed by atoms with E-state index < -0.39 is 0 Å². The molecule has 0 aliphatic heterocycles. The second kappa shape index (κ2) is 9.87. The van der Waals surface area contributed by atoms with E-state index in [1.165, 1.54) is 61.8 Å². The number of hydrogen-bond acceptors (Lipinski definition) is 1. The fourth-order valence-electron chi connectivity index (χ4n) is 3.20. The summed E-state index contributed by atoms with van der Waals surface area (Å²) in [5.41, 5.74) is 6.03. The van der Waals surface area contributed by atoms with Crippen molar-refractivity contribution in [2.75, 3.05) is 19.0 Å². The van der Waals surface area contributed by atoms with E-state index in [-0.39, 0.29) is 0 Å². The third kappa shape index (κ3) is 5.73. The third-order valence-corrected chi connectivity index (χ3v) is 4.36. The maximum absolute atomic E-state index is 2.44. The Morgan fingerprint density at radius 3 is 1.76 bits per heavy atom. The van der Waals surface area contributed by atoms with Gasteiger partial charge in [-0.15, -0.1) is 0 Å². The third-order valence-electron chi connectivity index (χ3n) is 4.36. The van der Waals surface area contributed by atoms with Crippen LogP contribution in [0.2, 0.25) is 0 Å². The van der Waals surface area contributed by atoms with Gasteiger partial charge in [-0.1, -0.05) is 65.0 Å². The Morgan fingerprint density at radius 1 is 0.762 bits per heavy atom. The van der Waals surface area contributed by atoms with Crippen LogP contribution in [0.4, 0.5) is 5.69 Å². The number of hydrogen-bond donors (Lipinski definition) is 0.